The molecule has 0 fully saturated rings. The average molecular weight is 378 g/mol. The molecule has 9 heteroatoms. The van der Waals surface area contributed by atoms with Gasteiger partial charge in [-0.15, -0.1) is 0 Å². The average Bonchev–Trinajstić information content (AvgIpc) is 2.64. The van der Waals surface area contributed by atoms with E-state index in [1.165, 1.54) is 20.3 Å². The first-order chi connectivity index (χ1) is 12.9. The predicted octanol–water partition coefficient (Wildman–Crippen LogP) is 1.38. The van der Waals surface area contributed by atoms with Crippen LogP contribution in [0.2, 0.25) is 0 Å². The highest BCUT2D eigenvalue weighted by Crippen LogP contribution is 2.31. The van der Waals surface area contributed by atoms with Gasteiger partial charge in [-0.05, 0) is 26.0 Å². The van der Waals surface area contributed by atoms with Crippen molar-refractivity contribution in [3.05, 3.63) is 35.0 Å². The van der Waals surface area contributed by atoms with E-state index in [0.717, 1.165) is 0 Å². The summed E-state index contributed by atoms with van der Waals surface area (Å²) in [6.07, 6.45) is 0. The number of hydrogen-bond donors (Lipinski definition) is 2. The van der Waals surface area contributed by atoms with Crippen molar-refractivity contribution in [2.75, 3.05) is 27.4 Å². The third-order valence-electron chi connectivity index (χ3n) is 3.84. The number of methoxy groups -OCH3 is 2. The van der Waals surface area contributed by atoms with Gasteiger partial charge in [-0.2, -0.15) is 0 Å². The van der Waals surface area contributed by atoms with E-state index in [4.69, 9.17) is 18.9 Å². The molecule has 1 aromatic rings. The predicted molar refractivity (Wildman–Crippen MR) is 94.6 cm³/mol. The molecular weight excluding hydrogens is 356 g/mol. The van der Waals surface area contributed by atoms with Crippen LogP contribution in [0.1, 0.15) is 24.2 Å². The molecule has 1 heterocycles. The van der Waals surface area contributed by atoms with E-state index in [1.54, 1.807) is 26.0 Å². The van der Waals surface area contributed by atoms with Crippen molar-refractivity contribution in [1.82, 2.24) is 10.6 Å². The number of benzene rings is 1. The Morgan fingerprint density at radius 1 is 1.11 bits per heavy atom. The molecule has 0 saturated heterocycles. The lowest BCUT2D eigenvalue weighted by Crippen LogP contribution is -2.50. The summed E-state index contributed by atoms with van der Waals surface area (Å²) in [6, 6.07) is 3.70. The molecule has 2 rings (SSSR count). The maximum Gasteiger partial charge on any atom is 0.342 e. The summed E-state index contributed by atoms with van der Waals surface area (Å²) in [5.41, 5.74) is 0.519. The third-order valence-corrected chi connectivity index (χ3v) is 3.84. The highest BCUT2D eigenvalue weighted by Gasteiger charge is 2.30. The Morgan fingerprint density at radius 2 is 1.85 bits per heavy atom. The van der Waals surface area contributed by atoms with Crippen molar-refractivity contribution in [2.24, 2.45) is 0 Å². The Labute approximate surface area is 156 Å². The summed E-state index contributed by atoms with van der Waals surface area (Å²) in [4.78, 5) is 36.4. The van der Waals surface area contributed by atoms with Crippen LogP contribution in [0.5, 0.6) is 11.5 Å². The number of urea groups is 1. The first-order valence-electron chi connectivity index (χ1n) is 8.28. The van der Waals surface area contributed by atoms with Crippen LogP contribution in [-0.4, -0.2) is 51.4 Å². The number of esters is 2. The number of rotatable bonds is 7. The summed E-state index contributed by atoms with van der Waals surface area (Å²) in [7, 11) is 2.86. The number of hydrogen-bond acceptors (Lipinski definition) is 7. The number of ether oxygens (including phenoxy) is 4. The number of para-hydroxylation sites is 1. The lowest BCUT2D eigenvalue weighted by molar-refractivity contribution is -0.139. The minimum atomic E-state index is -0.693. The molecule has 0 unspecified atom stereocenters. The van der Waals surface area contributed by atoms with Gasteiger partial charge in [-0.3, -0.25) is 0 Å². The zero-order valence-corrected chi connectivity index (χ0v) is 15.6. The lowest BCUT2D eigenvalue weighted by Gasteiger charge is -2.26. The van der Waals surface area contributed by atoms with Gasteiger partial charge < -0.3 is 29.6 Å². The van der Waals surface area contributed by atoms with Crippen LogP contribution in [0.4, 0.5) is 4.79 Å². The minimum absolute atomic E-state index is 0.156. The molecule has 0 radical (unpaired) electrons. The smallest absolute Gasteiger partial charge is 0.342 e. The normalized spacial score (nSPS) is 16.1. The maximum absolute atomic E-state index is 12.5. The van der Waals surface area contributed by atoms with E-state index in [9.17, 15) is 14.4 Å². The molecule has 1 aliphatic rings. The molecule has 1 aliphatic heterocycles. The SMILES string of the molecule is CCOC(=O)C1=C(COC(=O)c2cccc(OC)c2OC)NC(=O)N[C@H]1C. The fourth-order valence-electron chi connectivity index (χ4n) is 2.66. The summed E-state index contributed by atoms with van der Waals surface area (Å²) < 4.78 is 20.7. The zero-order chi connectivity index (χ0) is 20.0. The van der Waals surface area contributed by atoms with E-state index < -0.39 is 24.0 Å². The monoisotopic (exact) mass is 378 g/mol. The molecule has 27 heavy (non-hydrogen) atoms. The van der Waals surface area contributed by atoms with E-state index in [2.05, 4.69) is 10.6 Å². The summed E-state index contributed by atoms with van der Waals surface area (Å²) in [6.45, 7) is 3.17. The number of carbonyl (C=O) groups is 3. The molecule has 0 saturated carbocycles. The molecule has 1 aromatic carbocycles. The van der Waals surface area contributed by atoms with Crippen molar-refractivity contribution in [3.8, 4) is 11.5 Å². The highest BCUT2D eigenvalue weighted by atomic mass is 16.5. The zero-order valence-electron chi connectivity index (χ0n) is 15.6. The lowest BCUT2D eigenvalue weighted by atomic mass is 10.0. The molecule has 0 bridgehead atoms. The number of carbonyl (C=O) groups excluding carboxylic acids is 3. The Balaban J connectivity index is 2.24. The van der Waals surface area contributed by atoms with Crippen molar-refractivity contribution >= 4 is 18.0 Å². The second-order valence-electron chi connectivity index (χ2n) is 5.55. The van der Waals surface area contributed by atoms with Gasteiger partial charge in [0.25, 0.3) is 0 Å². The van der Waals surface area contributed by atoms with Crippen LogP contribution in [0.3, 0.4) is 0 Å². The molecule has 146 valence electrons. The standard InChI is InChI=1S/C18H22N2O7/c1-5-26-17(22)14-10(2)19-18(23)20-12(14)9-27-16(21)11-7-6-8-13(24-3)15(11)25-4/h6-8,10H,5,9H2,1-4H3,(H2,19,20,23)/t10-/m0/s1. The van der Waals surface area contributed by atoms with E-state index in [1.807, 2.05) is 0 Å². The Hall–Kier alpha value is -3.23. The molecule has 2 N–H and O–H groups in total. The van der Waals surface area contributed by atoms with Crippen molar-refractivity contribution < 1.29 is 33.3 Å². The summed E-state index contributed by atoms with van der Waals surface area (Å²) in [5.74, 6) is -0.682. The van der Waals surface area contributed by atoms with Crippen LogP contribution in [-0.2, 0) is 14.3 Å². The van der Waals surface area contributed by atoms with Crippen LogP contribution in [0.15, 0.2) is 29.5 Å². The topological polar surface area (TPSA) is 112 Å². The summed E-state index contributed by atoms with van der Waals surface area (Å²) >= 11 is 0. The van der Waals surface area contributed by atoms with E-state index in [-0.39, 0.29) is 35.8 Å². The van der Waals surface area contributed by atoms with Crippen LogP contribution in [0.25, 0.3) is 0 Å². The van der Waals surface area contributed by atoms with Gasteiger partial charge in [0.2, 0.25) is 0 Å². The maximum atomic E-state index is 12.5. The van der Waals surface area contributed by atoms with Gasteiger partial charge in [0.05, 0.1) is 38.1 Å². The van der Waals surface area contributed by atoms with Crippen LogP contribution >= 0.6 is 0 Å². The van der Waals surface area contributed by atoms with Gasteiger partial charge in [0.15, 0.2) is 11.5 Å². The molecule has 0 aromatic heterocycles. The first kappa shape index (κ1) is 20.1. The van der Waals surface area contributed by atoms with Crippen molar-refractivity contribution in [3.63, 3.8) is 0 Å². The van der Waals surface area contributed by atoms with Crippen LogP contribution < -0.4 is 20.1 Å². The quantitative estimate of drug-likeness (QED) is 0.689. The fraction of sp³-hybridized carbons (Fsp3) is 0.389. The first-order valence-corrected chi connectivity index (χ1v) is 8.28. The Bertz CT molecular complexity index is 773. The van der Waals surface area contributed by atoms with Crippen molar-refractivity contribution in [2.45, 2.75) is 19.9 Å². The Kier molecular flexibility index (Phi) is 6.64. The highest BCUT2D eigenvalue weighted by molar-refractivity contribution is 5.96. The minimum Gasteiger partial charge on any atom is -0.493 e. The van der Waals surface area contributed by atoms with Crippen molar-refractivity contribution in [1.29, 1.82) is 0 Å². The fourth-order valence-corrected chi connectivity index (χ4v) is 2.66. The van der Waals surface area contributed by atoms with E-state index >= 15 is 0 Å². The number of nitrogens with one attached hydrogen (secondary N) is 2. The van der Waals surface area contributed by atoms with Gasteiger partial charge >= 0.3 is 18.0 Å². The molecule has 0 aliphatic carbocycles. The van der Waals surface area contributed by atoms with Crippen LogP contribution in [0, 0.1) is 0 Å². The van der Waals surface area contributed by atoms with Gasteiger partial charge in [0.1, 0.15) is 12.2 Å². The van der Waals surface area contributed by atoms with Gasteiger partial charge in [-0.1, -0.05) is 6.07 Å². The van der Waals surface area contributed by atoms with Gasteiger partial charge in [0, 0.05) is 0 Å². The molecule has 1 atom stereocenters. The molecule has 2 amide bonds. The van der Waals surface area contributed by atoms with Gasteiger partial charge in [-0.25, -0.2) is 14.4 Å². The van der Waals surface area contributed by atoms with E-state index in [0.29, 0.717) is 5.75 Å². The second kappa shape index (κ2) is 8.93. The second-order valence-corrected chi connectivity index (χ2v) is 5.55. The Morgan fingerprint density at radius 3 is 2.48 bits per heavy atom. The molecule has 0 spiro atoms. The number of amides is 2. The third kappa shape index (κ3) is 4.49. The largest absolute Gasteiger partial charge is 0.493 e. The summed E-state index contributed by atoms with van der Waals surface area (Å²) in [5, 5.41) is 5.06. The molecule has 9 nitrogen and oxygen atoms in total. The molecular formula is C18H22N2O7.